The summed E-state index contributed by atoms with van der Waals surface area (Å²) in [5.41, 5.74) is 2.73. The molecule has 0 N–H and O–H groups in total. The number of para-hydroxylation sites is 2. The van der Waals surface area contributed by atoms with Crippen LogP contribution in [0, 0.1) is 6.92 Å². The average Bonchev–Trinajstić information content (AvgIpc) is 2.95. The van der Waals surface area contributed by atoms with Crippen LogP contribution in [0.15, 0.2) is 42.5 Å². The molecule has 1 heterocycles. The summed E-state index contributed by atoms with van der Waals surface area (Å²) in [7, 11) is 3.21. The molecule has 2 aromatic carbocycles. The molecule has 3 rings (SSSR count). The van der Waals surface area contributed by atoms with Crippen LogP contribution in [-0.4, -0.2) is 29.7 Å². The van der Waals surface area contributed by atoms with Gasteiger partial charge in [0.1, 0.15) is 5.82 Å². The van der Waals surface area contributed by atoms with Crippen LogP contribution in [0.25, 0.3) is 11.0 Å². The molecule has 5 heteroatoms. The summed E-state index contributed by atoms with van der Waals surface area (Å²) in [6.45, 7) is 1.86. The number of fused-ring (bicyclic) bond motifs is 1. The van der Waals surface area contributed by atoms with Crippen molar-refractivity contribution in [3.05, 3.63) is 53.9 Å². The number of nitrogens with zero attached hydrogens (tertiary/aromatic N) is 2. The van der Waals surface area contributed by atoms with Gasteiger partial charge in [-0.3, -0.25) is 9.36 Å². The highest BCUT2D eigenvalue weighted by molar-refractivity contribution is 5.91. The Morgan fingerprint density at radius 3 is 2.58 bits per heavy atom. The highest BCUT2D eigenvalue weighted by atomic mass is 16.5. The smallest absolute Gasteiger partial charge is 0.232 e. The molecular weight excluding hydrogens is 304 g/mol. The number of benzene rings is 2. The molecule has 0 atom stereocenters. The van der Waals surface area contributed by atoms with Crippen LogP contribution in [0.5, 0.6) is 11.5 Å². The van der Waals surface area contributed by atoms with Crippen molar-refractivity contribution in [2.75, 3.05) is 14.2 Å². The van der Waals surface area contributed by atoms with E-state index < -0.39 is 0 Å². The summed E-state index contributed by atoms with van der Waals surface area (Å²) in [6, 6.07) is 13.4. The molecule has 0 radical (unpaired) electrons. The Bertz CT molecular complexity index is 883. The van der Waals surface area contributed by atoms with E-state index in [1.807, 2.05) is 49.4 Å². The van der Waals surface area contributed by atoms with Gasteiger partial charge in [-0.1, -0.05) is 18.2 Å². The summed E-state index contributed by atoms with van der Waals surface area (Å²) < 4.78 is 12.2. The van der Waals surface area contributed by atoms with Crippen LogP contribution in [0.4, 0.5) is 0 Å². The first kappa shape index (κ1) is 16.1. The lowest BCUT2D eigenvalue weighted by Gasteiger charge is -2.10. The number of rotatable bonds is 5. The van der Waals surface area contributed by atoms with Crippen molar-refractivity contribution < 1.29 is 14.3 Å². The Morgan fingerprint density at radius 2 is 1.83 bits per heavy atom. The first-order valence-electron chi connectivity index (χ1n) is 7.82. The lowest BCUT2D eigenvalue weighted by Crippen LogP contribution is -2.13. The van der Waals surface area contributed by atoms with E-state index in [0.717, 1.165) is 16.6 Å². The first-order chi connectivity index (χ1) is 11.6. The molecular formula is C19H20N2O3. The zero-order valence-corrected chi connectivity index (χ0v) is 14.1. The molecule has 0 amide bonds. The van der Waals surface area contributed by atoms with Crippen molar-refractivity contribution in [3.8, 4) is 11.5 Å². The molecule has 0 aliphatic carbocycles. The number of carbonyl (C=O) groups is 1. The fourth-order valence-corrected chi connectivity index (χ4v) is 2.86. The van der Waals surface area contributed by atoms with Gasteiger partial charge in [-0.15, -0.1) is 0 Å². The summed E-state index contributed by atoms with van der Waals surface area (Å²) in [5.74, 6) is 2.11. The molecule has 5 nitrogen and oxygen atoms in total. The van der Waals surface area contributed by atoms with Gasteiger partial charge in [0.15, 0.2) is 11.5 Å². The van der Waals surface area contributed by atoms with Gasteiger partial charge in [-0.25, -0.2) is 4.98 Å². The monoisotopic (exact) mass is 324 g/mol. The lowest BCUT2D eigenvalue weighted by molar-refractivity contribution is 0.0905. The molecule has 0 aliphatic heterocycles. The Hall–Kier alpha value is -2.82. The second-order valence-electron chi connectivity index (χ2n) is 5.57. The van der Waals surface area contributed by atoms with Gasteiger partial charge in [0.25, 0.3) is 0 Å². The second-order valence-corrected chi connectivity index (χ2v) is 5.57. The van der Waals surface area contributed by atoms with E-state index in [1.165, 1.54) is 0 Å². The van der Waals surface area contributed by atoms with Crippen molar-refractivity contribution in [2.24, 2.45) is 0 Å². The molecule has 0 aliphatic rings. The van der Waals surface area contributed by atoms with Crippen molar-refractivity contribution in [3.63, 3.8) is 0 Å². The standard InChI is InChI=1S/C19H20N2O3/c1-13-20-15-6-4-5-7-16(15)21(13)19(22)11-9-14-8-10-17(23-2)18(12-14)24-3/h4-8,10,12H,9,11H2,1-3H3. The minimum Gasteiger partial charge on any atom is -0.493 e. The van der Waals surface area contributed by atoms with Gasteiger partial charge >= 0.3 is 0 Å². The maximum Gasteiger partial charge on any atom is 0.232 e. The topological polar surface area (TPSA) is 53.4 Å². The normalized spacial score (nSPS) is 10.8. The Balaban J connectivity index is 1.79. The molecule has 24 heavy (non-hydrogen) atoms. The second kappa shape index (κ2) is 6.74. The minimum atomic E-state index is 0.0379. The van der Waals surface area contributed by atoms with Gasteiger partial charge in [-0.05, 0) is 43.2 Å². The SMILES string of the molecule is COc1ccc(CCC(=O)n2c(C)nc3ccccc32)cc1OC. The quantitative estimate of drug-likeness (QED) is 0.719. The highest BCUT2D eigenvalue weighted by Gasteiger charge is 2.14. The van der Waals surface area contributed by atoms with E-state index in [2.05, 4.69) is 4.98 Å². The lowest BCUT2D eigenvalue weighted by atomic mass is 10.1. The number of methoxy groups -OCH3 is 2. The van der Waals surface area contributed by atoms with Crippen molar-refractivity contribution >= 4 is 16.9 Å². The Kier molecular flexibility index (Phi) is 4.51. The Morgan fingerprint density at radius 1 is 1.08 bits per heavy atom. The third-order valence-electron chi connectivity index (χ3n) is 4.05. The van der Waals surface area contributed by atoms with E-state index >= 15 is 0 Å². The number of aryl methyl sites for hydroxylation is 2. The molecule has 1 aromatic heterocycles. The Labute approximate surface area is 140 Å². The number of ether oxygens (including phenoxy) is 2. The van der Waals surface area contributed by atoms with E-state index in [9.17, 15) is 4.79 Å². The zero-order valence-electron chi connectivity index (χ0n) is 14.1. The molecule has 0 spiro atoms. The first-order valence-corrected chi connectivity index (χ1v) is 7.82. The molecule has 0 saturated heterocycles. The van der Waals surface area contributed by atoms with Crippen LogP contribution in [0.2, 0.25) is 0 Å². The number of hydrogen-bond acceptors (Lipinski definition) is 4. The van der Waals surface area contributed by atoms with E-state index in [-0.39, 0.29) is 5.91 Å². The summed E-state index contributed by atoms with van der Waals surface area (Å²) in [5, 5.41) is 0. The van der Waals surface area contributed by atoms with Crippen LogP contribution in [0.3, 0.4) is 0 Å². The predicted molar refractivity (Wildman–Crippen MR) is 93.0 cm³/mol. The molecule has 124 valence electrons. The van der Waals surface area contributed by atoms with Crippen molar-refractivity contribution in [2.45, 2.75) is 19.8 Å². The maximum atomic E-state index is 12.7. The van der Waals surface area contributed by atoms with Gasteiger partial charge < -0.3 is 9.47 Å². The maximum absolute atomic E-state index is 12.7. The number of aromatic nitrogens is 2. The molecule has 0 unspecified atom stereocenters. The van der Waals surface area contributed by atoms with Crippen LogP contribution < -0.4 is 9.47 Å². The molecule has 3 aromatic rings. The fraction of sp³-hybridized carbons (Fsp3) is 0.263. The fourth-order valence-electron chi connectivity index (χ4n) is 2.86. The average molecular weight is 324 g/mol. The zero-order chi connectivity index (χ0) is 17.1. The molecule has 0 saturated carbocycles. The van der Waals surface area contributed by atoms with Gasteiger partial charge in [0.05, 0.1) is 25.3 Å². The minimum absolute atomic E-state index is 0.0379. The highest BCUT2D eigenvalue weighted by Crippen LogP contribution is 2.28. The number of carbonyl (C=O) groups excluding carboxylic acids is 1. The van der Waals surface area contributed by atoms with Gasteiger partial charge in [-0.2, -0.15) is 0 Å². The summed E-state index contributed by atoms with van der Waals surface area (Å²) in [6.07, 6.45) is 1.03. The van der Waals surface area contributed by atoms with Crippen LogP contribution in [0.1, 0.15) is 22.6 Å². The number of imidazole rings is 1. The van der Waals surface area contributed by atoms with Crippen LogP contribution >= 0.6 is 0 Å². The van der Waals surface area contributed by atoms with Crippen molar-refractivity contribution in [1.29, 1.82) is 0 Å². The molecule has 0 fully saturated rings. The predicted octanol–water partition coefficient (Wildman–Crippen LogP) is 3.63. The van der Waals surface area contributed by atoms with E-state index in [1.54, 1.807) is 18.8 Å². The summed E-state index contributed by atoms with van der Waals surface area (Å²) in [4.78, 5) is 17.1. The molecule has 0 bridgehead atoms. The largest absolute Gasteiger partial charge is 0.493 e. The van der Waals surface area contributed by atoms with E-state index in [0.29, 0.717) is 30.2 Å². The third-order valence-corrected chi connectivity index (χ3v) is 4.05. The third kappa shape index (κ3) is 2.97. The number of hydrogen-bond donors (Lipinski definition) is 0. The van der Waals surface area contributed by atoms with Gasteiger partial charge in [0.2, 0.25) is 5.91 Å². The van der Waals surface area contributed by atoms with Gasteiger partial charge in [0, 0.05) is 6.42 Å². The van der Waals surface area contributed by atoms with Crippen molar-refractivity contribution in [1.82, 2.24) is 9.55 Å². The van der Waals surface area contributed by atoms with Crippen LogP contribution in [-0.2, 0) is 6.42 Å². The summed E-state index contributed by atoms with van der Waals surface area (Å²) >= 11 is 0. The van der Waals surface area contributed by atoms with E-state index in [4.69, 9.17) is 9.47 Å².